The number of nitrogens with one attached hydrogen (secondary N) is 1. The summed E-state index contributed by atoms with van der Waals surface area (Å²) in [6.45, 7) is 9.07. The van der Waals surface area contributed by atoms with Gasteiger partial charge < -0.3 is 15.0 Å². The van der Waals surface area contributed by atoms with Crippen molar-refractivity contribution in [2.24, 2.45) is 5.41 Å². The molecule has 1 aromatic carbocycles. The molecule has 0 radical (unpaired) electrons. The molecule has 1 amide bonds. The fourth-order valence-corrected chi connectivity index (χ4v) is 4.14. The van der Waals surface area contributed by atoms with Gasteiger partial charge in [-0.25, -0.2) is 4.79 Å². The van der Waals surface area contributed by atoms with E-state index >= 15 is 0 Å². The molecule has 1 aliphatic heterocycles. The number of ether oxygens (including phenoxy) is 1. The molecule has 1 saturated heterocycles. The van der Waals surface area contributed by atoms with Crippen LogP contribution >= 0.6 is 0 Å². The number of benzene rings is 1. The van der Waals surface area contributed by atoms with E-state index in [0.717, 1.165) is 31.2 Å². The fraction of sp³-hybridized carbons (Fsp3) is 0.650. The predicted octanol–water partition coefficient (Wildman–Crippen LogP) is 4.36. The molecule has 7 nitrogen and oxygen atoms in total. The Kier molecular flexibility index (Phi) is 5.06. The van der Waals surface area contributed by atoms with Crippen LogP contribution in [-0.4, -0.2) is 40.6 Å². The number of aryl methyl sites for hydroxylation is 1. The molecule has 3 rings (SSSR count). The van der Waals surface area contributed by atoms with Crippen molar-refractivity contribution in [2.75, 3.05) is 18.4 Å². The second-order valence-corrected chi connectivity index (χ2v) is 8.86. The van der Waals surface area contributed by atoms with Crippen LogP contribution in [-0.2, 0) is 11.2 Å². The van der Waals surface area contributed by atoms with Gasteiger partial charge >= 0.3 is 6.09 Å². The maximum atomic E-state index is 12.3. The Bertz CT molecular complexity index is 735. The normalized spacial score (nSPS) is 24.6. The molecule has 2 aliphatic rings. The van der Waals surface area contributed by atoms with Gasteiger partial charge in [-0.05, 0) is 63.5 Å². The number of nitro benzene ring substituents is 1. The summed E-state index contributed by atoms with van der Waals surface area (Å²) >= 11 is 0. The third-order valence-corrected chi connectivity index (χ3v) is 5.47. The molecule has 0 aromatic heterocycles. The number of carbonyl (C=O) groups excluding carboxylic acids is 1. The van der Waals surface area contributed by atoms with Gasteiger partial charge in [-0.15, -0.1) is 0 Å². The van der Waals surface area contributed by atoms with Gasteiger partial charge in [-0.3, -0.25) is 10.1 Å². The summed E-state index contributed by atoms with van der Waals surface area (Å²) in [6.07, 6.45) is 3.38. The van der Waals surface area contributed by atoms with Gasteiger partial charge in [0.1, 0.15) is 11.3 Å². The molecule has 0 atom stereocenters. The molecule has 1 aliphatic carbocycles. The van der Waals surface area contributed by atoms with Gasteiger partial charge in [-0.1, -0.05) is 13.0 Å². The Morgan fingerprint density at radius 3 is 2.70 bits per heavy atom. The van der Waals surface area contributed by atoms with E-state index in [0.29, 0.717) is 18.8 Å². The first-order valence-electron chi connectivity index (χ1n) is 9.63. The summed E-state index contributed by atoms with van der Waals surface area (Å²) in [5, 5.41) is 14.7. The van der Waals surface area contributed by atoms with E-state index in [9.17, 15) is 14.9 Å². The lowest BCUT2D eigenvalue weighted by atomic mass is 9.65. The smallest absolute Gasteiger partial charge is 0.410 e. The van der Waals surface area contributed by atoms with Crippen molar-refractivity contribution in [2.45, 2.75) is 65.0 Å². The van der Waals surface area contributed by atoms with Crippen molar-refractivity contribution in [1.82, 2.24) is 4.90 Å². The quantitative estimate of drug-likeness (QED) is 0.624. The highest BCUT2D eigenvalue weighted by molar-refractivity contribution is 5.69. The summed E-state index contributed by atoms with van der Waals surface area (Å²) in [5.41, 5.74) is 1.43. The zero-order valence-electron chi connectivity index (χ0n) is 16.6. The predicted molar refractivity (Wildman–Crippen MR) is 104 cm³/mol. The second kappa shape index (κ2) is 7.02. The molecular weight excluding hydrogens is 346 g/mol. The standard InChI is InChI=1S/C20H29N3O4/c1-5-14-6-7-17(23(25)26)16(10-14)21-15-11-20(12-15)8-9-22(13-20)18(24)27-19(2,3)4/h6-7,10,15,21H,5,8-9,11-13H2,1-4H3. The van der Waals surface area contributed by atoms with E-state index in [2.05, 4.69) is 5.32 Å². The Hall–Kier alpha value is -2.31. The van der Waals surface area contributed by atoms with Crippen molar-refractivity contribution in [3.8, 4) is 0 Å². The molecule has 148 valence electrons. The van der Waals surface area contributed by atoms with Crippen LogP contribution in [0.25, 0.3) is 0 Å². The van der Waals surface area contributed by atoms with Crippen molar-refractivity contribution in [3.05, 3.63) is 33.9 Å². The molecule has 1 N–H and O–H groups in total. The number of nitro groups is 1. The van der Waals surface area contributed by atoms with Crippen LogP contribution in [0.5, 0.6) is 0 Å². The van der Waals surface area contributed by atoms with Gasteiger partial charge in [0, 0.05) is 25.2 Å². The van der Waals surface area contributed by atoms with E-state index in [1.807, 2.05) is 33.8 Å². The van der Waals surface area contributed by atoms with Gasteiger partial charge in [0.25, 0.3) is 5.69 Å². The molecule has 1 spiro atoms. The molecule has 2 fully saturated rings. The number of amides is 1. The molecule has 1 heterocycles. The summed E-state index contributed by atoms with van der Waals surface area (Å²) < 4.78 is 5.47. The molecule has 7 heteroatoms. The summed E-state index contributed by atoms with van der Waals surface area (Å²) in [4.78, 5) is 25.0. The van der Waals surface area contributed by atoms with Gasteiger partial charge in [0.15, 0.2) is 0 Å². The van der Waals surface area contributed by atoms with Crippen LogP contribution in [0.4, 0.5) is 16.2 Å². The lowest BCUT2D eigenvalue weighted by Gasteiger charge is -2.45. The molecule has 1 aromatic rings. The Morgan fingerprint density at radius 1 is 1.41 bits per heavy atom. The minimum Gasteiger partial charge on any atom is -0.444 e. The third-order valence-electron chi connectivity index (χ3n) is 5.47. The van der Waals surface area contributed by atoms with E-state index < -0.39 is 5.60 Å². The summed E-state index contributed by atoms with van der Waals surface area (Å²) in [5.74, 6) is 0. The van der Waals surface area contributed by atoms with E-state index in [1.54, 1.807) is 17.0 Å². The molecule has 0 bridgehead atoms. The van der Waals surface area contributed by atoms with Gasteiger partial charge in [0.2, 0.25) is 0 Å². The average molecular weight is 375 g/mol. The first-order valence-corrected chi connectivity index (χ1v) is 9.63. The topological polar surface area (TPSA) is 84.7 Å². The van der Waals surface area contributed by atoms with Crippen LogP contribution in [0, 0.1) is 15.5 Å². The highest BCUT2D eigenvalue weighted by Gasteiger charge is 2.50. The molecule has 27 heavy (non-hydrogen) atoms. The average Bonchev–Trinajstić information content (AvgIpc) is 2.98. The Labute approximate surface area is 160 Å². The number of likely N-dealkylation sites (tertiary alicyclic amines) is 1. The van der Waals surface area contributed by atoms with Crippen molar-refractivity contribution < 1.29 is 14.5 Å². The second-order valence-electron chi connectivity index (χ2n) is 8.86. The van der Waals surface area contributed by atoms with Crippen LogP contribution < -0.4 is 5.32 Å². The molecule has 1 saturated carbocycles. The zero-order valence-corrected chi connectivity index (χ0v) is 16.6. The zero-order chi connectivity index (χ0) is 19.8. The Morgan fingerprint density at radius 2 is 2.11 bits per heavy atom. The molecular formula is C20H29N3O4. The van der Waals surface area contributed by atoms with Crippen molar-refractivity contribution in [1.29, 1.82) is 0 Å². The Balaban J connectivity index is 1.59. The fourth-order valence-electron chi connectivity index (χ4n) is 4.14. The van der Waals surface area contributed by atoms with Gasteiger partial charge in [-0.2, -0.15) is 0 Å². The van der Waals surface area contributed by atoms with Crippen LogP contribution in [0.15, 0.2) is 18.2 Å². The van der Waals surface area contributed by atoms with E-state index in [4.69, 9.17) is 4.74 Å². The largest absolute Gasteiger partial charge is 0.444 e. The number of anilines is 1. The minimum atomic E-state index is -0.486. The lowest BCUT2D eigenvalue weighted by Crippen LogP contribution is -2.47. The number of nitrogens with zero attached hydrogens (tertiary/aromatic N) is 2. The molecule has 0 unspecified atom stereocenters. The number of hydrogen-bond donors (Lipinski definition) is 1. The van der Waals surface area contributed by atoms with Crippen LogP contribution in [0.3, 0.4) is 0 Å². The monoisotopic (exact) mass is 375 g/mol. The lowest BCUT2D eigenvalue weighted by molar-refractivity contribution is -0.384. The highest BCUT2D eigenvalue weighted by Crippen LogP contribution is 2.49. The third kappa shape index (κ3) is 4.34. The van der Waals surface area contributed by atoms with E-state index in [-0.39, 0.29) is 28.2 Å². The minimum absolute atomic E-state index is 0.117. The van der Waals surface area contributed by atoms with Crippen LogP contribution in [0.2, 0.25) is 0 Å². The summed E-state index contributed by atoms with van der Waals surface area (Å²) in [6, 6.07) is 5.47. The first-order chi connectivity index (χ1) is 12.6. The maximum absolute atomic E-state index is 12.3. The number of hydrogen-bond acceptors (Lipinski definition) is 5. The highest BCUT2D eigenvalue weighted by atomic mass is 16.6. The van der Waals surface area contributed by atoms with Crippen molar-refractivity contribution in [3.63, 3.8) is 0 Å². The van der Waals surface area contributed by atoms with E-state index in [1.165, 1.54) is 0 Å². The number of rotatable bonds is 4. The first kappa shape index (κ1) is 19.5. The van der Waals surface area contributed by atoms with Crippen molar-refractivity contribution >= 4 is 17.5 Å². The number of carbonyl (C=O) groups is 1. The maximum Gasteiger partial charge on any atom is 0.410 e. The van der Waals surface area contributed by atoms with Crippen LogP contribution in [0.1, 0.15) is 52.5 Å². The SMILES string of the molecule is CCc1ccc([N+](=O)[O-])c(NC2CC3(CCN(C(=O)OC(C)(C)C)C3)C2)c1. The summed E-state index contributed by atoms with van der Waals surface area (Å²) in [7, 11) is 0. The van der Waals surface area contributed by atoms with Gasteiger partial charge in [0.05, 0.1) is 4.92 Å².